The number of nitro groups is 1. The van der Waals surface area contributed by atoms with E-state index < -0.39 is 22.0 Å². The average molecular weight is 708 g/mol. The van der Waals surface area contributed by atoms with Crippen molar-refractivity contribution in [3.63, 3.8) is 0 Å². The second-order valence-corrected chi connectivity index (χ2v) is 12.8. The van der Waals surface area contributed by atoms with E-state index in [0.29, 0.717) is 52.0 Å². The fraction of sp³-hybridized carbons (Fsp3) is 0.135. The van der Waals surface area contributed by atoms with Crippen molar-refractivity contribution < 1.29 is 24.0 Å². The maximum Gasteiger partial charge on any atom is 0.272 e. The van der Waals surface area contributed by atoms with Crippen LogP contribution in [0.2, 0.25) is 0 Å². The molecule has 50 heavy (non-hydrogen) atoms. The first kappa shape index (κ1) is 35.5. The summed E-state index contributed by atoms with van der Waals surface area (Å²) in [6.07, 6.45) is 2.08. The molecule has 5 rings (SSSR count). The maximum absolute atomic E-state index is 13.7. The number of nitro benzene ring substituents is 1. The number of non-ortho nitro benzene ring substituents is 1. The van der Waals surface area contributed by atoms with Gasteiger partial charge in [0.05, 0.1) is 22.5 Å². The first-order chi connectivity index (χ1) is 24.2. The summed E-state index contributed by atoms with van der Waals surface area (Å²) in [5, 5.41) is 21.3. The van der Waals surface area contributed by atoms with Crippen molar-refractivity contribution in [1.82, 2.24) is 10.3 Å². The van der Waals surface area contributed by atoms with Crippen LogP contribution in [0.25, 0.3) is 17.3 Å². The number of nitrogens with one attached hydrogen (secondary N) is 3. The lowest BCUT2D eigenvalue weighted by atomic mass is 10.1. The van der Waals surface area contributed by atoms with E-state index >= 15 is 0 Å². The van der Waals surface area contributed by atoms with E-state index in [1.165, 1.54) is 35.2 Å². The van der Waals surface area contributed by atoms with E-state index in [2.05, 4.69) is 20.9 Å². The van der Waals surface area contributed by atoms with Gasteiger partial charge in [-0.3, -0.25) is 24.5 Å². The van der Waals surface area contributed by atoms with Crippen LogP contribution in [0.1, 0.15) is 36.2 Å². The first-order valence-corrected chi connectivity index (χ1v) is 17.4. The van der Waals surface area contributed by atoms with Gasteiger partial charge < -0.3 is 20.7 Å². The Morgan fingerprint density at radius 3 is 2.46 bits per heavy atom. The molecule has 0 saturated carbocycles. The Labute approximate surface area is 297 Å². The number of nitrogens with zero attached hydrogens (tertiary/aromatic N) is 2. The van der Waals surface area contributed by atoms with E-state index in [4.69, 9.17) is 4.74 Å². The number of aromatic nitrogens is 1. The summed E-state index contributed by atoms with van der Waals surface area (Å²) >= 11 is 2.56. The van der Waals surface area contributed by atoms with E-state index in [1.807, 2.05) is 32.0 Å². The molecular weight excluding hydrogens is 675 g/mol. The maximum atomic E-state index is 13.7. The Morgan fingerprint density at radius 2 is 1.70 bits per heavy atom. The van der Waals surface area contributed by atoms with E-state index in [-0.39, 0.29) is 17.3 Å². The monoisotopic (exact) mass is 707 g/mol. The van der Waals surface area contributed by atoms with Crippen LogP contribution in [-0.4, -0.2) is 39.5 Å². The highest BCUT2D eigenvalue weighted by atomic mass is 32.2. The van der Waals surface area contributed by atoms with Crippen LogP contribution in [0.5, 0.6) is 5.75 Å². The lowest BCUT2D eigenvalue weighted by molar-refractivity contribution is -0.384. The van der Waals surface area contributed by atoms with Gasteiger partial charge in [-0.15, -0.1) is 23.1 Å². The lowest BCUT2D eigenvalue weighted by Gasteiger charge is -2.15. The Morgan fingerprint density at radius 1 is 0.940 bits per heavy atom. The zero-order valence-corrected chi connectivity index (χ0v) is 28.8. The predicted molar refractivity (Wildman–Crippen MR) is 197 cm³/mol. The Balaban J connectivity index is 1.29. The number of hydrogen-bond donors (Lipinski definition) is 3. The molecule has 1 atom stereocenters. The van der Waals surface area contributed by atoms with Gasteiger partial charge in [-0.25, -0.2) is 4.98 Å². The molecule has 1 unspecified atom stereocenters. The van der Waals surface area contributed by atoms with Crippen LogP contribution in [0.4, 0.5) is 16.5 Å². The van der Waals surface area contributed by atoms with Gasteiger partial charge in [0.15, 0.2) is 5.13 Å². The molecule has 0 aliphatic carbocycles. The first-order valence-electron chi connectivity index (χ1n) is 15.6. The molecule has 0 bridgehead atoms. The van der Waals surface area contributed by atoms with Crippen molar-refractivity contribution >= 4 is 63.4 Å². The van der Waals surface area contributed by atoms with Crippen LogP contribution in [0, 0.1) is 10.1 Å². The Bertz CT molecular complexity index is 2030. The molecule has 0 saturated heterocycles. The molecular formula is C37H33N5O6S2. The van der Waals surface area contributed by atoms with Crippen molar-refractivity contribution in [3.8, 4) is 17.0 Å². The zero-order chi connectivity index (χ0) is 35.5. The molecule has 0 aliphatic rings. The summed E-state index contributed by atoms with van der Waals surface area (Å²) in [7, 11) is 0. The minimum Gasteiger partial charge on any atom is -0.493 e. The molecule has 5 aromatic rings. The summed E-state index contributed by atoms with van der Waals surface area (Å²) in [4.78, 5) is 55.9. The summed E-state index contributed by atoms with van der Waals surface area (Å²) in [5.74, 6) is -0.682. The number of benzene rings is 4. The lowest BCUT2D eigenvalue weighted by Crippen LogP contribution is -2.30. The number of carbonyl (C=O) groups excluding carboxylic acids is 3. The van der Waals surface area contributed by atoms with Crippen molar-refractivity contribution in [2.45, 2.75) is 30.4 Å². The second kappa shape index (κ2) is 17.0. The summed E-state index contributed by atoms with van der Waals surface area (Å²) < 4.78 is 5.73. The summed E-state index contributed by atoms with van der Waals surface area (Å²) in [5.41, 5.74) is 2.55. The number of ether oxygens (including phenoxy) is 1. The fourth-order valence-corrected chi connectivity index (χ4v) is 6.48. The highest BCUT2D eigenvalue weighted by molar-refractivity contribution is 8.00. The average Bonchev–Trinajstić information content (AvgIpc) is 3.60. The smallest absolute Gasteiger partial charge is 0.272 e. The van der Waals surface area contributed by atoms with Crippen molar-refractivity contribution in [3.05, 3.63) is 135 Å². The Kier molecular flexibility index (Phi) is 12.1. The summed E-state index contributed by atoms with van der Waals surface area (Å²) in [6.45, 7) is 4.18. The van der Waals surface area contributed by atoms with Crippen LogP contribution >= 0.6 is 23.1 Å². The van der Waals surface area contributed by atoms with Crippen molar-refractivity contribution in [1.29, 1.82) is 0 Å². The van der Waals surface area contributed by atoms with Crippen molar-refractivity contribution in [2.75, 3.05) is 17.2 Å². The van der Waals surface area contributed by atoms with Gasteiger partial charge in [-0.05, 0) is 55.8 Å². The van der Waals surface area contributed by atoms with Gasteiger partial charge in [0.1, 0.15) is 11.4 Å². The van der Waals surface area contributed by atoms with Crippen LogP contribution in [0.15, 0.2) is 119 Å². The molecule has 0 spiro atoms. The second-order valence-electron chi connectivity index (χ2n) is 10.7. The van der Waals surface area contributed by atoms with Gasteiger partial charge in [-0.1, -0.05) is 61.5 Å². The van der Waals surface area contributed by atoms with E-state index in [1.54, 1.807) is 84.3 Å². The van der Waals surface area contributed by atoms with Gasteiger partial charge in [0, 0.05) is 44.8 Å². The molecule has 13 heteroatoms. The third kappa shape index (κ3) is 9.43. The minimum atomic E-state index is -0.546. The molecule has 0 fully saturated rings. The van der Waals surface area contributed by atoms with E-state index in [9.17, 15) is 24.5 Å². The number of rotatable bonds is 14. The third-order valence-corrected chi connectivity index (χ3v) is 9.28. The van der Waals surface area contributed by atoms with Gasteiger partial charge in [0.2, 0.25) is 5.91 Å². The quantitative estimate of drug-likeness (QED) is 0.0454. The molecule has 3 N–H and O–H groups in total. The molecule has 0 aliphatic heterocycles. The van der Waals surface area contributed by atoms with Crippen LogP contribution in [0.3, 0.4) is 0 Å². The minimum absolute atomic E-state index is 0.0165. The number of anilines is 2. The molecule has 0 radical (unpaired) electrons. The standard InChI is InChI=1S/C37H33N5O6S2/c1-3-33(36(45)41-37-40-31(23-49-37)25-15-10-17-28(20-25)42(46)47)50-29-18-11-16-27(22-29)38-35(44)30(39-34(43)24-12-6-5-7-13-24)21-26-14-8-9-19-32(26)48-4-2/h5-23,33H,3-4H2,1-2H3,(H,38,44)(H,39,43)(H,40,41,45)/b30-21+. The van der Waals surface area contributed by atoms with Crippen LogP contribution in [-0.2, 0) is 9.59 Å². The number of carbonyl (C=O) groups is 3. The fourth-order valence-electron chi connectivity index (χ4n) is 4.75. The highest BCUT2D eigenvalue weighted by Crippen LogP contribution is 2.31. The number of para-hydroxylation sites is 1. The molecule has 254 valence electrons. The van der Waals surface area contributed by atoms with E-state index in [0.717, 1.165) is 4.90 Å². The molecule has 3 amide bonds. The number of amides is 3. The third-order valence-electron chi connectivity index (χ3n) is 7.17. The molecule has 11 nitrogen and oxygen atoms in total. The van der Waals surface area contributed by atoms with Gasteiger partial charge in [-0.2, -0.15) is 0 Å². The normalized spacial score (nSPS) is 11.7. The zero-order valence-electron chi connectivity index (χ0n) is 27.1. The summed E-state index contributed by atoms with van der Waals surface area (Å²) in [6, 6.07) is 29.1. The SMILES string of the molecule is CCOc1ccccc1/C=C(/NC(=O)c1ccccc1)C(=O)Nc1cccc(SC(CC)C(=O)Nc2nc(-c3cccc([N+](=O)[O-])c3)cs2)c1. The number of thioether (sulfide) groups is 1. The number of hydrogen-bond acceptors (Lipinski definition) is 9. The van der Waals surface area contributed by atoms with Gasteiger partial charge in [0.25, 0.3) is 17.5 Å². The topological polar surface area (TPSA) is 153 Å². The van der Waals surface area contributed by atoms with Crippen molar-refractivity contribution in [2.24, 2.45) is 0 Å². The molecule has 1 heterocycles. The highest BCUT2D eigenvalue weighted by Gasteiger charge is 2.21. The Hall–Kier alpha value is -5.79. The van der Waals surface area contributed by atoms with Crippen LogP contribution < -0.4 is 20.7 Å². The molecule has 1 aromatic heterocycles. The molecule has 4 aromatic carbocycles. The predicted octanol–water partition coefficient (Wildman–Crippen LogP) is 8.04. The van der Waals surface area contributed by atoms with Gasteiger partial charge >= 0.3 is 0 Å². The number of thiazole rings is 1. The largest absolute Gasteiger partial charge is 0.493 e.